The summed E-state index contributed by atoms with van der Waals surface area (Å²) in [6.07, 6.45) is -3.75. The number of rotatable bonds is 5. The molecule has 0 aliphatic heterocycles. The van der Waals surface area contributed by atoms with Crippen LogP contribution in [0.25, 0.3) is 0 Å². The Morgan fingerprint density at radius 2 is 2.05 bits per heavy atom. The van der Waals surface area contributed by atoms with Crippen LogP contribution in [0.15, 0.2) is 18.2 Å². The van der Waals surface area contributed by atoms with Crippen molar-refractivity contribution in [2.75, 3.05) is 19.3 Å². The maximum atomic E-state index is 11.9. The normalized spacial score (nSPS) is 10.8. The van der Waals surface area contributed by atoms with Crippen LogP contribution in [0.5, 0.6) is 5.75 Å². The van der Waals surface area contributed by atoms with Gasteiger partial charge in [-0.1, -0.05) is 11.8 Å². The second-order valence-electron chi connectivity index (χ2n) is 3.95. The van der Waals surface area contributed by atoms with Gasteiger partial charge in [-0.25, -0.2) is 0 Å². The fourth-order valence-corrected chi connectivity index (χ4v) is 1.46. The summed E-state index contributed by atoms with van der Waals surface area (Å²) in [6, 6.07) is 5.17. The van der Waals surface area contributed by atoms with E-state index in [0.717, 1.165) is 11.1 Å². The molecule has 0 saturated carbocycles. The van der Waals surface area contributed by atoms with Gasteiger partial charge in [0.05, 0.1) is 0 Å². The number of alkyl halides is 4. The van der Waals surface area contributed by atoms with E-state index in [-0.39, 0.29) is 0 Å². The number of ether oxygens (including phenoxy) is 2. The van der Waals surface area contributed by atoms with Crippen LogP contribution in [0.3, 0.4) is 0 Å². The molecule has 0 aromatic heterocycles. The molecular weight excluding hydrogens is 293 g/mol. The van der Waals surface area contributed by atoms with E-state index in [0.29, 0.717) is 18.1 Å². The number of benzene rings is 1. The molecular formula is C14H14ClF3O2. The molecule has 0 N–H and O–H groups in total. The van der Waals surface area contributed by atoms with Crippen molar-refractivity contribution >= 4 is 11.6 Å². The minimum Gasteiger partial charge on any atom is -0.467 e. The highest BCUT2D eigenvalue weighted by molar-refractivity contribution is 6.18. The Kier molecular flexibility index (Phi) is 6.69. The minimum absolute atomic E-state index is 0.447. The lowest BCUT2D eigenvalue weighted by Crippen LogP contribution is -2.19. The van der Waals surface area contributed by atoms with Crippen molar-refractivity contribution in [1.29, 1.82) is 0 Å². The summed E-state index contributed by atoms with van der Waals surface area (Å²) < 4.78 is 45.1. The molecule has 0 bridgehead atoms. The van der Waals surface area contributed by atoms with Crippen molar-refractivity contribution < 1.29 is 22.6 Å². The first-order chi connectivity index (χ1) is 9.42. The molecule has 2 nitrogen and oxygen atoms in total. The van der Waals surface area contributed by atoms with Crippen LogP contribution in [0.2, 0.25) is 0 Å². The van der Waals surface area contributed by atoms with Gasteiger partial charge in [0.25, 0.3) is 0 Å². The van der Waals surface area contributed by atoms with Gasteiger partial charge in [0.15, 0.2) is 6.79 Å². The third-order valence-corrected chi connectivity index (χ3v) is 2.38. The average molecular weight is 307 g/mol. The average Bonchev–Trinajstić information content (AvgIpc) is 2.36. The van der Waals surface area contributed by atoms with Crippen molar-refractivity contribution in [2.24, 2.45) is 0 Å². The third-order valence-electron chi connectivity index (χ3n) is 2.19. The molecule has 0 radical (unpaired) electrons. The lowest BCUT2D eigenvalue weighted by Gasteiger charge is -2.11. The standard InChI is InChI=1S/C14H14ClF3O2/c1-11-8-12(4-2-3-7-15)5-6-13(11)20-10-19-9-14(16,17)18/h5-6,8H,3,7,9-10H2,1H3. The maximum absolute atomic E-state index is 11.9. The smallest absolute Gasteiger partial charge is 0.411 e. The second-order valence-corrected chi connectivity index (χ2v) is 4.32. The third kappa shape index (κ3) is 6.69. The molecule has 110 valence electrons. The number of hydrogen-bond acceptors (Lipinski definition) is 2. The Balaban J connectivity index is 2.50. The fraction of sp³-hybridized carbons (Fsp3) is 0.429. The number of hydrogen-bond donors (Lipinski definition) is 0. The summed E-state index contributed by atoms with van der Waals surface area (Å²) >= 11 is 5.51. The predicted octanol–water partition coefficient (Wildman–Crippen LogP) is 3.89. The van der Waals surface area contributed by atoms with Crippen LogP contribution in [0.1, 0.15) is 17.5 Å². The van der Waals surface area contributed by atoms with Gasteiger partial charge in [-0.15, -0.1) is 11.6 Å². The molecule has 0 aliphatic rings. The van der Waals surface area contributed by atoms with E-state index in [4.69, 9.17) is 16.3 Å². The Morgan fingerprint density at radius 1 is 1.30 bits per heavy atom. The molecule has 0 aliphatic carbocycles. The zero-order valence-electron chi connectivity index (χ0n) is 10.9. The van der Waals surface area contributed by atoms with E-state index in [1.54, 1.807) is 25.1 Å². The van der Waals surface area contributed by atoms with Gasteiger partial charge < -0.3 is 9.47 Å². The fourth-order valence-electron chi connectivity index (χ4n) is 1.36. The van der Waals surface area contributed by atoms with E-state index in [2.05, 4.69) is 16.6 Å². The molecule has 0 spiro atoms. The zero-order chi connectivity index (χ0) is 15.0. The van der Waals surface area contributed by atoms with Crippen LogP contribution in [0.4, 0.5) is 13.2 Å². The largest absolute Gasteiger partial charge is 0.467 e. The first kappa shape index (κ1) is 16.7. The SMILES string of the molecule is Cc1cc(C#CCCCl)ccc1OCOCC(F)(F)F. The van der Waals surface area contributed by atoms with Crippen LogP contribution in [-0.4, -0.2) is 25.5 Å². The first-order valence-corrected chi connectivity index (χ1v) is 6.38. The highest BCUT2D eigenvalue weighted by Gasteiger charge is 2.27. The van der Waals surface area contributed by atoms with Crippen molar-refractivity contribution in [3.63, 3.8) is 0 Å². The van der Waals surface area contributed by atoms with Crippen LogP contribution in [-0.2, 0) is 4.74 Å². The molecule has 0 fully saturated rings. The molecule has 0 saturated heterocycles. The Hall–Kier alpha value is -1.38. The lowest BCUT2D eigenvalue weighted by atomic mass is 10.1. The van der Waals surface area contributed by atoms with Crippen molar-refractivity contribution in [3.8, 4) is 17.6 Å². The van der Waals surface area contributed by atoms with Crippen molar-refractivity contribution in [3.05, 3.63) is 29.3 Å². The van der Waals surface area contributed by atoms with Crippen molar-refractivity contribution in [1.82, 2.24) is 0 Å². The molecule has 0 heterocycles. The Morgan fingerprint density at radius 3 is 2.65 bits per heavy atom. The van der Waals surface area contributed by atoms with Gasteiger partial charge in [0, 0.05) is 17.9 Å². The molecule has 1 aromatic carbocycles. The molecule has 0 unspecified atom stereocenters. The zero-order valence-corrected chi connectivity index (χ0v) is 11.6. The van der Waals surface area contributed by atoms with E-state index in [1.165, 1.54) is 0 Å². The second kappa shape index (κ2) is 8.03. The summed E-state index contributed by atoms with van der Waals surface area (Å²) in [6.45, 7) is 0.0114. The quantitative estimate of drug-likeness (QED) is 0.356. The minimum atomic E-state index is -4.35. The van der Waals surface area contributed by atoms with Crippen LogP contribution in [0, 0.1) is 18.8 Å². The maximum Gasteiger partial charge on any atom is 0.411 e. The molecule has 6 heteroatoms. The summed E-state index contributed by atoms with van der Waals surface area (Å²) in [4.78, 5) is 0. The number of aryl methyl sites for hydroxylation is 1. The van der Waals surface area contributed by atoms with Crippen LogP contribution >= 0.6 is 11.6 Å². The van der Waals surface area contributed by atoms with Gasteiger partial charge in [-0.05, 0) is 30.7 Å². The lowest BCUT2D eigenvalue weighted by molar-refractivity contribution is -0.186. The topological polar surface area (TPSA) is 18.5 Å². The molecule has 20 heavy (non-hydrogen) atoms. The van der Waals surface area contributed by atoms with Gasteiger partial charge in [-0.3, -0.25) is 0 Å². The molecule has 0 atom stereocenters. The molecule has 1 rings (SSSR count). The first-order valence-electron chi connectivity index (χ1n) is 5.85. The molecule has 1 aromatic rings. The van der Waals surface area contributed by atoms with Gasteiger partial charge >= 0.3 is 6.18 Å². The monoisotopic (exact) mass is 306 g/mol. The summed E-state index contributed by atoms with van der Waals surface area (Å²) in [5.41, 5.74) is 1.58. The molecule has 0 amide bonds. The van der Waals surface area contributed by atoms with Crippen molar-refractivity contribution in [2.45, 2.75) is 19.5 Å². The van der Waals surface area contributed by atoms with Gasteiger partial charge in [0.1, 0.15) is 12.4 Å². The van der Waals surface area contributed by atoms with E-state index in [9.17, 15) is 13.2 Å². The Bertz CT molecular complexity index is 489. The van der Waals surface area contributed by atoms with Gasteiger partial charge in [0.2, 0.25) is 0 Å². The van der Waals surface area contributed by atoms with Crippen LogP contribution < -0.4 is 4.74 Å². The van der Waals surface area contributed by atoms with E-state index in [1.807, 2.05) is 0 Å². The van der Waals surface area contributed by atoms with E-state index >= 15 is 0 Å². The number of halogens is 4. The summed E-state index contributed by atoms with van der Waals surface area (Å²) in [5.74, 6) is 6.77. The summed E-state index contributed by atoms with van der Waals surface area (Å²) in [5, 5.41) is 0. The predicted molar refractivity (Wildman–Crippen MR) is 70.9 cm³/mol. The van der Waals surface area contributed by atoms with E-state index < -0.39 is 19.6 Å². The summed E-state index contributed by atoms with van der Waals surface area (Å²) in [7, 11) is 0. The highest BCUT2D eigenvalue weighted by Crippen LogP contribution is 2.19. The highest BCUT2D eigenvalue weighted by atomic mass is 35.5. The Labute approximate surface area is 120 Å². The van der Waals surface area contributed by atoms with Gasteiger partial charge in [-0.2, -0.15) is 13.2 Å².